The van der Waals surface area contributed by atoms with Gasteiger partial charge in [0.1, 0.15) is 0 Å². The number of aliphatic hydroxyl groups excluding tert-OH is 2. The largest absolute Gasteiger partial charge is 0.466 e. The fraction of sp³-hybridized carbons (Fsp3) is 0.800. The summed E-state index contributed by atoms with van der Waals surface area (Å²) >= 11 is 0.806. The standard InChI is InChI=1S/C15H25NO6S/c1-5-22-10(17)6-7-23-14(21)15(11(18)8(2)3)12(19)9(4)13(20)16-15/h8-9,11-12,18-19H,5-7H2,1-4H3,(H,16,20)/t9-,11+,12+,15-/m1/s1. The van der Waals surface area contributed by atoms with Crippen molar-refractivity contribution in [1.82, 2.24) is 5.32 Å². The zero-order valence-electron chi connectivity index (χ0n) is 13.9. The zero-order valence-corrected chi connectivity index (χ0v) is 14.7. The van der Waals surface area contributed by atoms with Gasteiger partial charge in [-0.25, -0.2) is 0 Å². The first-order chi connectivity index (χ1) is 10.7. The lowest BCUT2D eigenvalue weighted by molar-refractivity contribution is -0.142. The molecule has 4 atom stereocenters. The van der Waals surface area contributed by atoms with Crippen molar-refractivity contribution in [2.24, 2.45) is 11.8 Å². The molecule has 1 amide bonds. The third kappa shape index (κ3) is 4.05. The van der Waals surface area contributed by atoms with Crippen LogP contribution in [0.25, 0.3) is 0 Å². The van der Waals surface area contributed by atoms with E-state index in [9.17, 15) is 24.6 Å². The monoisotopic (exact) mass is 347 g/mol. The Bertz CT molecular complexity index is 469. The average molecular weight is 347 g/mol. The summed E-state index contributed by atoms with van der Waals surface area (Å²) in [4.78, 5) is 35.8. The van der Waals surface area contributed by atoms with Crippen LogP contribution in [0.4, 0.5) is 0 Å². The molecule has 1 saturated heterocycles. The number of esters is 1. The highest BCUT2D eigenvalue weighted by atomic mass is 32.2. The molecule has 0 aromatic rings. The Hall–Kier alpha value is -1.12. The van der Waals surface area contributed by atoms with Gasteiger partial charge in [-0.1, -0.05) is 32.5 Å². The van der Waals surface area contributed by atoms with Crippen molar-refractivity contribution >= 4 is 28.8 Å². The van der Waals surface area contributed by atoms with Gasteiger partial charge in [0.25, 0.3) is 0 Å². The third-order valence-electron chi connectivity index (χ3n) is 3.96. The summed E-state index contributed by atoms with van der Waals surface area (Å²) in [6.45, 7) is 6.86. The van der Waals surface area contributed by atoms with Crippen LogP contribution in [0.1, 0.15) is 34.1 Å². The maximum absolute atomic E-state index is 12.6. The van der Waals surface area contributed by atoms with Gasteiger partial charge in [0.2, 0.25) is 11.0 Å². The number of carbonyl (C=O) groups is 3. The van der Waals surface area contributed by atoms with Crippen LogP contribution in [0.15, 0.2) is 0 Å². The third-order valence-corrected chi connectivity index (χ3v) is 4.97. The maximum Gasteiger partial charge on any atom is 0.306 e. The highest BCUT2D eigenvalue weighted by Crippen LogP contribution is 2.36. The molecule has 8 heteroatoms. The molecule has 7 nitrogen and oxygen atoms in total. The Morgan fingerprint density at radius 3 is 2.48 bits per heavy atom. The van der Waals surface area contributed by atoms with Gasteiger partial charge in [0.05, 0.1) is 31.2 Å². The van der Waals surface area contributed by atoms with Crippen molar-refractivity contribution in [3.63, 3.8) is 0 Å². The maximum atomic E-state index is 12.6. The minimum Gasteiger partial charge on any atom is -0.466 e. The second-order valence-corrected chi connectivity index (χ2v) is 7.04. The summed E-state index contributed by atoms with van der Waals surface area (Å²) in [6, 6.07) is 0. The van der Waals surface area contributed by atoms with E-state index in [1.807, 2.05) is 0 Å². The van der Waals surface area contributed by atoms with Crippen molar-refractivity contribution in [3.8, 4) is 0 Å². The normalized spacial score (nSPS) is 28.6. The fourth-order valence-corrected chi connectivity index (χ4v) is 3.56. The van der Waals surface area contributed by atoms with Gasteiger partial charge in [0, 0.05) is 5.75 Å². The summed E-state index contributed by atoms with van der Waals surface area (Å²) < 4.78 is 4.78. The predicted octanol–water partition coefficient (Wildman–Crippen LogP) is 0.0819. The second kappa shape index (κ2) is 8.12. The summed E-state index contributed by atoms with van der Waals surface area (Å²) in [5.74, 6) is -1.88. The number of hydrogen-bond donors (Lipinski definition) is 3. The lowest BCUT2D eigenvalue weighted by Gasteiger charge is -2.37. The SMILES string of the molecule is CCOC(=O)CCSC(=O)[C@]1([C@@H](O)C(C)C)NC(=O)[C@H](C)[C@@H]1O. The predicted molar refractivity (Wildman–Crippen MR) is 85.6 cm³/mol. The van der Waals surface area contributed by atoms with Crippen LogP contribution in [-0.4, -0.2) is 57.3 Å². The van der Waals surface area contributed by atoms with E-state index < -0.39 is 40.7 Å². The van der Waals surface area contributed by atoms with Gasteiger partial charge in [-0.2, -0.15) is 0 Å². The Morgan fingerprint density at radius 2 is 2.04 bits per heavy atom. The van der Waals surface area contributed by atoms with Gasteiger partial charge in [-0.3, -0.25) is 14.4 Å². The number of aliphatic hydroxyl groups is 2. The first kappa shape index (κ1) is 19.9. The number of carbonyl (C=O) groups excluding carboxylic acids is 3. The molecule has 1 aliphatic rings. The van der Waals surface area contributed by atoms with E-state index in [0.29, 0.717) is 0 Å². The molecule has 0 spiro atoms. The minimum absolute atomic E-state index is 0.0394. The number of hydrogen-bond acceptors (Lipinski definition) is 7. The molecule has 0 saturated carbocycles. The molecule has 0 radical (unpaired) electrons. The average Bonchev–Trinajstić information content (AvgIpc) is 2.71. The van der Waals surface area contributed by atoms with Gasteiger partial charge < -0.3 is 20.3 Å². The first-order valence-electron chi connectivity index (χ1n) is 7.69. The molecule has 1 aliphatic heterocycles. The minimum atomic E-state index is -1.75. The Kier molecular flexibility index (Phi) is 7.03. The second-order valence-electron chi connectivity index (χ2n) is 5.97. The van der Waals surface area contributed by atoms with E-state index in [1.54, 1.807) is 20.8 Å². The Balaban J connectivity index is 2.88. The lowest BCUT2D eigenvalue weighted by atomic mass is 9.81. The molecule has 1 rings (SSSR count). The number of thioether (sulfide) groups is 1. The zero-order chi connectivity index (χ0) is 17.8. The fourth-order valence-electron chi connectivity index (χ4n) is 2.58. The van der Waals surface area contributed by atoms with Crippen LogP contribution >= 0.6 is 11.8 Å². The van der Waals surface area contributed by atoms with Crippen molar-refractivity contribution in [3.05, 3.63) is 0 Å². The van der Waals surface area contributed by atoms with Crippen molar-refractivity contribution in [2.45, 2.75) is 51.9 Å². The van der Waals surface area contributed by atoms with E-state index in [1.165, 1.54) is 6.92 Å². The van der Waals surface area contributed by atoms with Gasteiger partial charge in [-0.05, 0) is 12.8 Å². The molecule has 0 bridgehead atoms. The molecular formula is C15H25NO6S. The van der Waals surface area contributed by atoms with E-state index in [4.69, 9.17) is 4.74 Å². The smallest absolute Gasteiger partial charge is 0.306 e. The van der Waals surface area contributed by atoms with E-state index in [2.05, 4.69) is 5.32 Å². The topological polar surface area (TPSA) is 113 Å². The van der Waals surface area contributed by atoms with Crippen LogP contribution in [0, 0.1) is 11.8 Å². The highest BCUT2D eigenvalue weighted by Gasteiger charge is 2.60. The highest BCUT2D eigenvalue weighted by molar-refractivity contribution is 8.13. The van der Waals surface area contributed by atoms with Gasteiger partial charge in [0.15, 0.2) is 5.54 Å². The van der Waals surface area contributed by atoms with E-state index in [-0.39, 0.29) is 24.7 Å². The van der Waals surface area contributed by atoms with Crippen LogP contribution < -0.4 is 5.32 Å². The van der Waals surface area contributed by atoms with Gasteiger partial charge in [-0.15, -0.1) is 0 Å². The molecule has 0 aromatic heterocycles. The van der Waals surface area contributed by atoms with Crippen molar-refractivity contribution < 1.29 is 29.3 Å². The van der Waals surface area contributed by atoms with E-state index in [0.717, 1.165) is 11.8 Å². The van der Waals surface area contributed by atoms with Crippen LogP contribution in [0.5, 0.6) is 0 Å². The molecule has 132 valence electrons. The Morgan fingerprint density at radius 1 is 1.43 bits per heavy atom. The van der Waals surface area contributed by atoms with Crippen molar-refractivity contribution in [2.75, 3.05) is 12.4 Å². The summed E-state index contributed by atoms with van der Waals surface area (Å²) in [6.07, 6.45) is -2.51. The number of nitrogens with one attached hydrogen (secondary N) is 1. The van der Waals surface area contributed by atoms with E-state index >= 15 is 0 Å². The van der Waals surface area contributed by atoms with Crippen LogP contribution in [0.2, 0.25) is 0 Å². The molecule has 1 fully saturated rings. The van der Waals surface area contributed by atoms with Crippen LogP contribution in [0.3, 0.4) is 0 Å². The van der Waals surface area contributed by atoms with Gasteiger partial charge >= 0.3 is 5.97 Å². The number of rotatable bonds is 7. The molecule has 3 N–H and O–H groups in total. The summed E-state index contributed by atoms with van der Waals surface area (Å²) in [5.41, 5.74) is -1.75. The molecular weight excluding hydrogens is 322 g/mol. The molecule has 0 unspecified atom stereocenters. The number of ether oxygens (including phenoxy) is 1. The molecule has 1 heterocycles. The molecule has 0 aliphatic carbocycles. The molecule has 23 heavy (non-hydrogen) atoms. The quantitative estimate of drug-likeness (QED) is 0.559. The number of amides is 1. The summed E-state index contributed by atoms with van der Waals surface area (Å²) in [7, 11) is 0. The van der Waals surface area contributed by atoms with Crippen LogP contribution in [-0.2, 0) is 19.1 Å². The lowest BCUT2D eigenvalue weighted by Crippen LogP contribution is -2.64. The Labute approximate surface area is 140 Å². The molecule has 0 aromatic carbocycles. The van der Waals surface area contributed by atoms with Crippen molar-refractivity contribution in [1.29, 1.82) is 0 Å². The summed E-state index contributed by atoms with van der Waals surface area (Å²) in [5, 5.41) is 22.8. The first-order valence-corrected chi connectivity index (χ1v) is 8.68.